The van der Waals surface area contributed by atoms with Crippen LogP contribution in [0.15, 0.2) is 24.5 Å². The van der Waals surface area contributed by atoms with Gasteiger partial charge in [-0.05, 0) is 43.9 Å². The van der Waals surface area contributed by atoms with E-state index in [4.69, 9.17) is 0 Å². The van der Waals surface area contributed by atoms with Crippen molar-refractivity contribution in [2.75, 3.05) is 6.54 Å². The molecule has 0 saturated carbocycles. The van der Waals surface area contributed by atoms with E-state index in [1.165, 1.54) is 0 Å². The molecule has 2 aromatic heterocycles. The van der Waals surface area contributed by atoms with Gasteiger partial charge in [0.1, 0.15) is 0 Å². The molecule has 0 atom stereocenters. The number of fused-ring (bicyclic) bond motifs is 1. The Morgan fingerprint density at radius 3 is 2.90 bits per heavy atom. The largest absolute Gasteiger partial charge is 0.333 e. The van der Waals surface area contributed by atoms with Crippen LogP contribution in [0.25, 0.3) is 0 Å². The summed E-state index contributed by atoms with van der Waals surface area (Å²) in [5.74, 6) is 0.0173. The highest BCUT2D eigenvalue weighted by Gasteiger charge is 2.25. The summed E-state index contributed by atoms with van der Waals surface area (Å²) in [6.07, 6.45) is 6.58. The van der Waals surface area contributed by atoms with Crippen molar-refractivity contribution in [2.45, 2.75) is 32.7 Å². The molecule has 1 aliphatic carbocycles. The number of carbonyl (C=O) groups is 1. The maximum atomic E-state index is 12.6. The van der Waals surface area contributed by atoms with E-state index in [0.29, 0.717) is 18.8 Å². The predicted octanol–water partition coefficient (Wildman–Crippen LogP) is 1.96. The van der Waals surface area contributed by atoms with Crippen molar-refractivity contribution >= 4 is 5.91 Å². The van der Waals surface area contributed by atoms with Crippen molar-refractivity contribution in [1.82, 2.24) is 20.1 Å². The van der Waals surface area contributed by atoms with E-state index in [0.717, 1.165) is 36.1 Å². The molecular weight excluding hydrogens is 252 g/mol. The van der Waals surface area contributed by atoms with E-state index in [-0.39, 0.29) is 5.91 Å². The Labute approximate surface area is 118 Å². The van der Waals surface area contributed by atoms with Gasteiger partial charge >= 0.3 is 0 Å². The molecular formula is C15H18N4O. The van der Waals surface area contributed by atoms with Crippen LogP contribution in [0.3, 0.4) is 0 Å². The van der Waals surface area contributed by atoms with E-state index in [2.05, 4.69) is 15.2 Å². The zero-order valence-electron chi connectivity index (χ0n) is 11.6. The molecule has 1 N–H and O–H groups in total. The minimum absolute atomic E-state index is 0.0173. The zero-order chi connectivity index (χ0) is 13.9. The van der Waals surface area contributed by atoms with Crippen LogP contribution >= 0.6 is 0 Å². The molecule has 3 rings (SSSR count). The van der Waals surface area contributed by atoms with Crippen LogP contribution in [0.2, 0.25) is 0 Å². The molecule has 0 aliphatic heterocycles. The second-order valence-electron chi connectivity index (χ2n) is 5.06. The number of aromatic amines is 1. The van der Waals surface area contributed by atoms with Gasteiger partial charge in [0.25, 0.3) is 5.91 Å². The highest BCUT2D eigenvalue weighted by atomic mass is 16.2. The van der Waals surface area contributed by atoms with Gasteiger partial charge in [-0.2, -0.15) is 5.10 Å². The predicted molar refractivity (Wildman–Crippen MR) is 75.3 cm³/mol. The smallest absolute Gasteiger partial charge is 0.274 e. The molecule has 0 unspecified atom stereocenters. The summed E-state index contributed by atoms with van der Waals surface area (Å²) in [5.41, 5.74) is 3.94. The second kappa shape index (κ2) is 5.45. The molecule has 20 heavy (non-hydrogen) atoms. The quantitative estimate of drug-likeness (QED) is 0.923. The number of hydrogen-bond acceptors (Lipinski definition) is 3. The zero-order valence-corrected chi connectivity index (χ0v) is 11.6. The summed E-state index contributed by atoms with van der Waals surface area (Å²) < 4.78 is 0. The van der Waals surface area contributed by atoms with Gasteiger partial charge in [-0.25, -0.2) is 0 Å². The van der Waals surface area contributed by atoms with Crippen molar-refractivity contribution in [3.8, 4) is 0 Å². The summed E-state index contributed by atoms with van der Waals surface area (Å²) in [6, 6.07) is 3.87. The average molecular weight is 270 g/mol. The molecule has 0 bridgehead atoms. The molecule has 0 aromatic carbocycles. The minimum atomic E-state index is 0.0173. The molecule has 5 nitrogen and oxygen atoms in total. The SMILES string of the molecule is CCN(Cc1ccncc1)C(=O)c1n[nH]c2c1CCC2. The summed E-state index contributed by atoms with van der Waals surface area (Å²) in [7, 11) is 0. The number of nitrogens with one attached hydrogen (secondary N) is 1. The van der Waals surface area contributed by atoms with Gasteiger partial charge in [-0.15, -0.1) is 0 Å². The lowest BCUT2D eigenvalue weighted by atomic mass is 10.1. The molecule has 104 valence electrons. The summed E-state index contributed by atoms with van der Waals surface area (Å²) in [5, 5.41) is 7.22. The van der Waals surface area contributed by atoms with Gasteiger partial charge in [0, 0.05) is 36.7 Å². The molecule has 1 aliphatic rings. The minimum Gasteiger partial charge on any atom is -0.333 e. The van der Waals surface area contributed by atoms with E-state index in [1.54, 1.807) is 12.4 Å². The second-order valence-corrected chi connectivity index (χ2v) is 5.06. The first-order valence-corrected chi connectivity index (χ1v) is 7.04. The van der Waals surface area contributed by atoms with Crippen LogP contribution < -0.4 is 0 Å². The fourth-order valence-electron chi connectivity index (χ4n) is 2.68. The number of H-pyrrole nitrogens is 1. The summed E-state index contributed by atoms with van der Waals surface area (Å²) in [4.78, 5) is 18.5. The Hall–Kier alpha value is -2.17. The van der Waals surface area contributed by atoms with Crippen molar-refractivity contribution < 1.29 is 4.79 Å². The van der Waals surface area contributed by atoms with Gasteiger partial charge in [0.2, 0.25) is 0 Å². The van der Waals surface area contributed by atoms with Crippen LogP contribution in [0.5, 0.6) is 0 Å². The van der Waals surface area contributed by atoms with Crippen LogP contribution in [-0.2, 0) is 19.4 Å². The topological polar surface area (TPSA) is 61.9 Å². The van der Waals surface area contributed by atoms with Gasteiger partial charge in [-0.1, -0.05) is 0 Å². The molecule has 0 radical (unpaired) electrons. The Bertz CT molecular complexity index is 606. The molecule has 0 saturated heterocycles. The Kier molecular flexibility index (Phi) is 3.50. The number of aromatic nitrogens is 3. The number of pyridine rings is 1. The molecule has 0 fully saturated rings. The lowest BCUT2D eigenvalue weighted by Crippen LogP contribution is -2.31. The molecule has 0 spiro atoms. The first-order chi connectivity index (χ1) is 9.79. The number of nitrogens with zero attached hydrogens (tertiary/aromatic N) is 3. The Morgan fingerprint density at radius 2 is 2.15 bits per heavy atom. The lowest BCUT2D eigenvalue weighted by molar-refractivity contribution is 0.0745. The van der Waals surface area contributed by atoms with Gasteiger partial charge in [0.05, 0.1) is 0 Å². The maximum absolute atomic E-state index is 12.6. The third-order valence-electron chi connectivity index (χ3n) is 3.80. The van der Waals surface area contributed by atoms with Crippen LogP contribution in [0, 0.1) is 0 Å². The highest BCUT2D eigenvalue weighted by Crippen LogP contribution is 2.24. The third kappa shape index (κ3) is 2.31. The molecule has 5 heteroatoms. The first-order valence-electron chi connectivity index (χ1n) is 7.04. The third-order valence-corrected chi connectivity index (χ3v) is 3.80. The number of amides is 1. The van der Waals surface area contributed by atoms with Crippen molar-refractivity contribution in [3.63, 3.8) is 0 Å². The number of rotatable bonds is 4. The summed E-state index contributed by atoms with van der Waals surface area (Å²) in [6.45, 7) is 3.26. The van der Waals surface area contributed by atoms with Crippen LogP contribution in [0.4, 0.5) is 0 Å². The van der Waals surface area contributed by atoms with E-state index in [1.807, 2.05) is 24.0 Å². The standard InChI is InChI=1S/C15H18N4O/c1-2-19(10-11-6-8-16-9-7-11)15(20)14-12-4-3-5-13(12)17-18-14/h6-9H,2-5,10H2,1H3,(H,17,18). The van der Waals surface area contributed by atoms with Crippen molar-refractivity contribution in [2.24, 2.45) is 0 Å². The molecule has 2 aromatic rings. The Balaban J connectivity index is 1.80. The Morgan fingerprint density at radius 1 is 1.35 bits per heavy atom. The molecule has 1 amide bonds. The highest BCUT2D eigenvalue weighted by molar-refractivity contribution is 5.94. The number of carbonyl (C=O) groups excluding carboxylic acids is 1. The lowest BCUT2D eigenvalue weighted by Gasteiger charge is -2.20. The van der Waals surface area contributed by atoms with E-state index >= 15 is 0 Å². The number of hydrogen-bond donors (Lipinski definition) is 1. The fraction of sp³-hybridized carbons (Fsp3) is 0.400. The van der Waals surface area contributed by atoms with Gasteiger partial charge in [-0.3, -0.25) is 14.9 Å². The van der Waals surface area contributed by atoms with Gasteiger partial charge < -0.3 is 4.90 Å². The van der Waals surface area contributed by atoms with Crippen LogP contribution in [-0.4, -0.2) is 32.5 Å². The first kappa shape index (κ1) is 12.8. The van der Waals surface area contributed by atoms with Crippen LogP contribution in [0.1, 0.15) is 40.7 Å². The normalized spacial score (nSPS) is 13.2. The maximum Gasteiger partial charge on any atom is 0.274 e. The van der Waals surface area contributed by atoms with Crippen molar-refractivity contribution in [3.05, 3.63) is 47.0 Å². The van der Waals surface area contributed by atoms with E-state index in [9.17, 15) is 4.79 Å². The molecule has 2 heterocycles. The van der Waals surface area contributed by atoms with E-state index < -0.39 is 0 Å². The van der Waals surface area contributed by atoms with Crippen molar-refractivity contribution in [1.29, 1.82) is 0 Å². The fourth-order valence-corrected chi connectivity index (χ4v) is 2.68. The average Bonchev–Trinajstić information content (AvgIpc) is 3.08. The summed E-state index contributed by atoms with van der Waals surface area (Å²) >= 11 is 0. The number of aryl methyl sites for hydroxylation is 1. The van der Waals surface area contributed by atoms with Gasteiger partial charge in [0.15, 0.2) is 5.69 Å². The monoisotopic (exact) mass is 270 g/mol.